The number of hydrogen-bond donors (Lipinski definition) is 1. The van der Waals surface area contributed by atoms with Crippen LogP contribution in [0.1, 0.15) is 35.3 Å². The molecule has 1 aromatic heterocycles. The van der Waals surface area contributed by atoms with Gasteiger partial charge in [-0.3, -0.25) is 4.79 Å². The van der Waals surface area contributed by atoms with Crippen molar-refractivity contribution in [1.82, 2.24) is 20.2 Å². The number of halogens is 3. The van der Waals surface area contributed by atoms with E-state index in [1.165, 1.54) is 23.9 Å². The second-order valence-corrected chi connectivity index (χ2v) is 7.69. The number of carbonyl (C=O) groups excluding carboxylic acids is 1. The number of hydrogen-bond acceptors (Lipinski definition) is 5. The Morgan fingerprint density at radius 2 is 1.90 bits per heavy atom. The minimum absolute atomic E-state index is 0.0770. The number of rotatable bonds is 6. The lowest BCUT2D eigenvalue weighted by molar-refractivity contribution is -0.137. The van der Waals surface area contributed by atoms with Crippen LogP contribution in [0.25, 0.3) is 0 Å². The molecule has 10 heteroatoms. The number of thioether (sulfide) groups is 1. The van der Waals surface area contributed by atoms with Gasteiger partial charge in [0, 0.05) is 5.69 Å². The topological polar surface area (TPSA) is 72.7 Å². The van der Waals surface area contributed by atoms with Gasteiger partial charge in [0.05, 0.1) is 11.6 Å². The van der Waals surface area contributed by atoms with Gasteiger partial charge in [0.2, 0.25) is 11.1 Å². The van der Waals surface area contributed by atoms with Crippen LogP contribution in [0, 0.1) is 0 Å². The van der Waals surface area contributed by atoms with E-state index >= 15 is 0 Å². The number of tetrazole rings is 1. The van der Waals surface area contributed by atoms with Gasteiger partial charge in [-0.05, 0) is 47.0 Å². The van der Waals surface area contributed by atoms with Gasteiger partial charge in [0.25, 0.3) is 0 Å². The van der Waals surface area contributed by atoms with Crippen molar-refractivity contribution in [3.63, 3.8) is 0 Å². The first-order valence-corrected chi connectivity index (χ1v) is 9.77. The fourth-order valence-corrected chi connectivity index (χ4v) is 3.85. The van der Waals surface area contributed by atoms with Gasteiger partial charge in [-0.1, -0.05) is 48.2 Å². The molecule has 1 saturated carbocycles. The Kier molecular flexibility index (Phi) is 5.27. The normalized spacial score (nSPS) is 15.1. The lowest BCUT2D eigenvalue weighted by atomic mass is 10.1. The lowest BCUT2D eigenvalue weighted by Gasteiger charge is -2.17. The molecule has 0 radical (unpaired) electrons. The lowest BCUT2D eigenvalue weighted by Crippen LogP contribution is -2.20. The fourth-order valence-electron chi connectivity index (χ4n) is 2.80. The van der Waals surface area contributed by atoms with E-state index in [0.29, 0.717) is 10.7 Å². The van der Waals surface area contributed by atoms with E-state index in [4.69, 9.17) is 0 Å². The van der Waals surface area contributed by atoms with Gasteiger partial charge in [0.1, 0.15) is 5.25 Å². The molecule has 150 valence electrons. The molecular weight excluding hydrogens is 403 g/mol. The molecule has 1 amide bonds. The van der Waals surface area contributed by atoms with Crippen LogP contribution in [-0.2, 0) is 11.0 Å². The molecular formula is C19H16F3N5OS. The van der Waals surface area contributed by atoms with Crippen molar-refractivity contribution in [2.75, 3.05) is 5.32 Å². The zero-order valence-corrected chi connectivity index (χ0v) is 15.8. The molecule has 1 aliphatic carbocycles. The molecule has 0 spiro atoms. The van der Waals surface area contributed by atoms with Crippen LogP contribution >= 0.6 is 11.8 Å². The molecule has 0 bridgehead atoms. The average Bonchev–Trinajstić information content (AvgIpc) is 3.44. The van der Waals surface area contributed by atoms with Crippen LogP contribution in [0.3, 0.4) is 0 Å². The van der Waals surface area contributed by atoms with Gasteiger partial charge < -0.3 is 5.32 Å². The Morgan fingerprint density at radius 3 is 2.59 bits per heavy atom. The third-order valence-electron chi connectivity index (χ3n) is 4.38. The molecule has 1 aliphatic rings. The molecule has 29 heavy (non-hydrogen) atoms. The van der Waals surface area contributed by atoms with E-state index in [1.54, 1.807) is 28.9 Å². The van der Waals surface area contributed by atoms with Crippen molar-refractivity contribution in [1.29, 1.82) is 0 Å². The highest BCUT2D eigenvalue weighted by Crippen LogP contribution is 2.41. The number of aromatic nitrogens is 4. The van der Waals surface area contributed by atoms with Crippen molar-refractivity contribution in [2.24, 2.45) is 0 Å². The minimum atomic E-state index is -4.49. The quantitative estimate of drug-likeness (QED) is 0.596. The monoisotopic (exact) mass is 419 g/mol. The summed E-state index contributed by atoms with van der Waals surface area (Å²) < 4.78 is 40.6. The maximum absolute atomic E-state index is 13.0. The summed E-state index contributed by atoms with van der Waals surface area (Å²) in [5, 5.41) is 14.1. The molecule has 3 aromatic rings. The second kappa shape index (κ2) is 7.86. The molecule has 1 N–H and O–H groups in total. The van der Waals surface area contributed by atoms with E-state index in [0.717, 1.165) is 25.0 Å². The van der Waals surface area contributed by atoms with Crippen LogP contribution in [0.15, 0.2) is 59.8 Å². The molecule has 0 saturated heterocycles. The highest BCUT2D eigenvalue weighted by molar-refractivity contribution is 8.00. The highest BCUT2D eigenvalue weighted by Gasteiger charge is 2.32. The number of amides is 1. The summed E-state index contributed by atoms with van der Waals surface area (Å²) in [5.74, 6) is -0.453. The average molecular weight is 419 g/mol. The number of carbonyl (C=O) groups is 1. The SMILES string of the molecule is O=C(Nc1cccc(C(F)(F)F)c1)[C@@H](Sc1nnnn1C1CC1)c1ccccc1. The number of alkyl halides is 3. The van der Waals surface area contributed by atoms with Gasteiger partial charge in [-0.2, -0.15) is 13.2 Å². The summed E-state index contributed by atoms with van der Waals surface area (Å²) in [4.78, 5) is 13.0. The summed E-state index contributed by atoms with van der Waals surface area (Å²) in [7, 11) is 0. The van der Waals surface area contributed by atoms with E-state index in [1.807, 2.05) is 6.07 Å². The molecule has 0 aliphatic heterocycles. The van der Waals surface area contributed by atoms with Gasteiger partial charge >= 0.3 is 6.18 Å². The molecule has 0 unspecified atom stereocenters. The van der Waals surface area contributed by atoms with Crippen molar-refractivity contribution >= 4 is 23.4 Å². The Morgan fingerprint density at radius 1 is 1.14 bits per heavy atom. The van der Waals surface area contributed by atoms with Gasteiger partial charge in [-0.15, -0.1) is 5.10 Å². The first-order valence-electron chi connectivity index (χ1n) is 8.89. The number of anilines is 1. The summed E-state index contributed by atoms with van der Waals surface area (Å²) in [5.41, 5.74) is -0.0441. The van der Waals surface area contributed by atoms with Crippen molar-refractivity contribution in [2.45, 2.75) is 35.5 Å². The fraction of sp³-hybridized carbons (Fsp3) is 0.263. The smallest absolute Gasteiger partial charge is 0.325 e. The van der Waals surface area contributed by atoms with Crippen LogP contribution in [-0.4, -0.2) is 26.1 Å². The standard InChI is InChI=1S/C19H16F3N5OS/c20-19(21,22)13-7-4-8-14(11-13)23-17(28)16(12-5-2-1-3-6-12)29-18-24-25-26-27(18)15-9-10-15/h1-8,11,15-16H,9-10H2,(H,23,28)/t16-/m0/s1. The Hall–Kier alpha value is -2.88. The number of nitrogens with one attached hydrogen (secondary N) is 1. The number of benzene rings is 2. The van der Waals surface area contributed by atoms with E-state index in [9.17, 15) is 18.0 Å². The first-order chi connectivity index (χ1) is 13.9. The van der Waals surface area contributed by atoms with Crippen LogP contribution < -0.4 is 5.32 Å². The molecule has 1 fully saturated rings. The summed E-state index contributed by atoms with van der Waals surface area (Å²) in [6.07, 6.45) is -2.53. The zero-order valence-electron chi connectivity index (χ0n) is 15.0. The van der Waals surface area contributed by atoms with E-state index in [2.05, 4.69) is 20.8 Å². The third kappa shape index (κ3) is 4.58. The number of nitrogens with zero attached hydrogens (tertiary/aromatic N) is 4. The van der Waals surface area contributed by atoms with Crippen LogP contribution in [0.2, 0.25) is 0 Å². The largest absolute Gasteiger partial charge is 0.416 e. The molecule has 4 rings (SSSR count). The Balaban J connectivity index is 1.59. The van der Waals surface area contributed by atoms with Crippen molar-refractivity contribution in [3.05, 3.63) is 65.7 Å². The highest BCUT2D eigenvalue weighted by atomic mass is 32.2. The molecule has 2 aromatic carbocycles. The zero-order chi connectivity index (χ0) is 20.4. The van der Waals surface area contributed by atoms with Gasteiger partial charge in [-0.25, -0.2) is 4.68 Å². The van der Waals surface area contributed by atoms with E-state index < -0.39 is 22.9 Å². The van der Waals surface area contributed by atoms with Crippen LogP contribution in [0.5, 0.6) is 0 Å². The summed E-state index contributed by atoms with van der Waals surface area (Å²) >= 11 is 1.17. The maximum atomic E-state index is 13.0. The van der Waals surface area contributed by atoms with E-state index in [-0.39, 0.29) is 11.7 Å². The summed E-state index contributed by atoms with van der Waals surface area (Å²) in [6.45, 7) is 0. The molecule has 6 nitrogen and oxygen atoms in total. The predicted molar refractivity (Wildman–Crippen MR) is 101 cm³/mol. The van der Waals surface area contributed by atoms with Crippen molar-refractivity contribution < 1.29 is 18.0 Å². The van der Waals surface area contributed by atoms with Gasteiger partial charge in [0.15, 0.2) is 0 Å². The maximum Gasteiger partial charge on any atom is 0.416 e. The second-order valence-electron chi connectivity index (χ2n) is 6.61. The Bertz CT molecular complexity index is 1000. The minimum Gasteiger partial charge on any atom is -0.325 e. The van der Waals surface area contributed by atoms with Crippen molar-refractivity contribution in [3.8, 4) is 0 Å². The molecule has 1 heterocycles. The van der Waals surface area contributed by atoms with Crippen LogP contribution in [0.4, 0.5) is 18.9 Å². The predicted octanol–water partition coefficient (Wildman–Crippen LogP) is 4.50. The molecule has 1 atom stereocenters. The third-order valence-corrected chi connectivity index (χ3v) is 5.58. The Labute approximate surface area is 168 Å². The summed E-state index contributed by atoms with van der Waals surface area (Å²) in [6, 6.07) is 13.8. The first kappa shape index (κ1) is 19.4.